The van der Waals surface area contributed by atoms with Gasteiger partial charge in [-0.25, -0.2) is 5.01 Å². The summed E-state index contributed by atoms with van der Waals surface area (Å²) >= 11 is 0. The van der Waals surface area contributed by atoms with Crippen LogP contribution in [0.25, 0.3) is 11.1 Å². The summed E-state index contributed by atoms with van der Waals surface area (Å²) in [5.41, 5.74) is 6.44. The number of carbonyl (C=O) groups is 2. The van der Waals surface area contributed by atoms with Crippen LogP contribution in [0.5, 0.6) is 0 Å². The molecule has 1 aromatic heterocycles. The maximum Gasteiger partial charge on any atom is 0.256 e. The van der Waals surface area contributed by atoms with Crippen molar-refractivity contribution in [3.8, 4) is 11.1 Å². The zero-order chi connectivity index (χ0) is 27.2. The molecular formula is C30H40N6O2. The van der Waals surface area contributed by atoms with Gasteiger partial charge in [0.2, 0.25) is 5.91 Å². The zero-order valence-corrected chi connectivity index (χ0v) is 23.3. The number of benzene rings is 2. The molecule has 0 aliphatic carbocycles. The van der Waals surface area contributed by atoms with E-state index in [0.29, 0.717) is 25.6 Å². The number of aromatic nitrogens is 2. The second kappa shape index (κ2) is 12.3. The van der Waals surface area contributed by atoms with Gasteiger partial charge < -0.3 is 10.2 Å². The highest BCUT2D eigenvalue weighted by Gasteiger charge is 2.27. The Hall–Kier alpha value is -3.65. The summed E-state index contributed by atoms with van der Waals surface area (Å²) in [5, 5.41) is 11.1. The van der Waals surface area contributed by atoms with Crippen LogP contribution in [-0.4, -0.2) is 58.3 Å². The number of aryl methyl sites for hydroxylation is 2. The molecule has 0 atom stereocenters. The molecule has 1 aliphatic rings. The van der Waals surface area contributed by atoms with Crippen LogP contribution >= 0.6 is 0 Å². The molecule has 0 unspecified atom stereocenters. The fraction of sp³-hybridized carbons (Fsp3) is 0.433. The van der Waals surface area contributed by atoms with E-state index in [9.17, 15) is 9.59 Å². The fourth-order valence-electron chi connectivity index (χ4n) is 4.90. The first-order valence-corrected chi connectivity index (χ1v) is 13.4. The Kier molecular flexibility index (Phi) is 8.84. The van der Waals surface area contributed by atoms with E-state index >= 15 is 0 Å². The number of fused-ring (bicyclic) bond motifs is 1. The molecule has 0 saturated carbocycles. The molecule has 2 heterocycles. The average molecular weight is 517 g/mol. The Balaban J connectivity index is 1.49. The Bertz CT molecular complexity index is 1240. The molecule has 8 nitrogen and oxygen atoms in total. The third-order valence-electron chi connectivity index (χ3n) is 7.13. The minimum atomic E-state index is -0.0754. The average Bonchev–Trinajstić information content (AvgIpc) is 3.52. The van der Waals surface area contributed by atoms with E-state index in [4.69, 9.17) is 0 Å². The number of hydrazine groups is 1. The van der Waals surface area contributed by atoms with Gasteiger partial charge in [0.1, 0.15) is 0 Å². The van der Waals surface area contributed by atoms with Crippen molar-refractivity contribution >= 4 is 17.5 Å². The SMILES string of the molecule is Cc1cc(-c2cnn(C)c2)ccc1N(CC(=O)NCCCC(C)C)CC(=O)N(C)N1Cc2ccccc2C1. The van der Waals surface area contributed by atoms with Crippen molar-refractivity contribution in [2.75, 3.05) is 31.6 Å². The second-order valence-electron chi connectivity index (χ2n) is 10.7. The number of hydrogen-bond donors (Lipinski definition) is 1. The maximum absolute atomic E-state index is 13.5. The Morgan fingerprint density at radius 2 is 1.76 bits per heavy atom. The van der Waals surface area contributed by atoms with Crippen molar-refractivity contribution in [2.45, 2.75) is 46.7 Å². The highest BCUT2D eigenvalue weighted by atomic mass is 16.2. The second-order valence-corrected chi connectivity index (χ2v) is 10.7. The highest BCUT2D eigenvalue weighted by molar-refractivity contribution is 5.87. The quantitative estimate of drug-likeness (QED) is 0.388. The van der Waals surface area contributed by atoms with E-state index in [1.165, 1.54) is 11.1 Å². The van der Waals surface area contributed by atoms with E-state index < -0.39 is 0 Å². The van der Waals surface area contributed by atoms with Crippen LogP contribution in [0.3, 0.4) is 0 Å². The van der Waals surface area contributed by atoms with E-state index in [1.54, 1.807) is 9.69 Å². The number of rotatable bonds is 11. The monoisotopic (exact) mass is 516 g/mol. The van der Waals surface area contributed by atoms with E-state index in [1.807, 2.05) is 62.6 Å². The topological polar surface area (TPSA) is 73.7 Å². The number of anilines is 1. The van der Waals surface area contributed by atoms with Gasteiger partial charge in [0.15, 0.2) is 0 Å². The smallest absolute Gasteiger partial charge is 0.256 e. The van der Waals surface area contributed by atoms with Crippen molar-refractivity contribution in [3.63, 3.8) is 0 Å². The van der Waals surface area contributed by atoms with E-state index in [2.05, 4.69) is 47.5 Å². The molecule has 3 aromatic rings. The molecular weight excluding hydrogens is 476 g/mol. The largest absolute Gasteiger partial charge is 0.355 e. The van der Waals surface area contributed by atoms with Crippen molar-refractivity contribution in [1.82, 2.24) is 25.1 Å². The van der Waals surface area contributed by atoms with Gasteiger partial charge >= 0.3 is 0 Å². The van der Waals surface area contributed by atoms with Crippen molar-refractivity contribution in [2.24, 2.45) is 13.0 Å². The van der Waals surface area contributed by atoms with Gasteiger partial charge in [0, 0.05) is 51.2 Å². The molecule has 1 N–H and O–H groups in total. The number of carbonyl (C=O) groups excluding carboxylic acids is 2. The normalized spacial score (nSPS) is 13.0. The summed E-state index contributed by atoms with van der Waals surface area (Å²) in [5.74, 6) is 0.476. The van der Waals surface area contributed by atoms with Crippen molar-refractivity contribution in [1.29, 1.82) is 0 Å². The van der Waals surface area contributed by atoms with Gasteiger partial charge in [-0.15, -0.1) is 0 Å². The molecule has 0 radical (unpaired) electrons. The first-order chi connectivity index (χ1) is 18.2. The maximum atomic E-state index is 13.5. The molecule has 8 heteroatoms. The third kappa shape index (κ3) is 6.81. The van der Waals surface area contributed by atoms with Crippen LogP contribution in [0.15, 0.2) is 54.9 Å². The third-order valence-corrected chi connectivity index (χ3v) is 7.13. The molecule has 4 rings (SSSR count). The number of likely N-dealkylation sites (N-methyl/N-ethyl adjacent to an activating group) is 1. The van der Waals surface area contributed by atoms with Gasteiger partial charge in [-0.05, 0) is 60.1 Å². The summed E-state index contributed by atoms with van der Waals surface area (Å²) in [7, 11) is 3.71. The lowest BCUT2D eigenvalue weighted by Gasteiger charge is -2.32. The molecule has 0 spiro atoms. The predicted molar refractivity (Wildman–Crippen MR) is 151 cm³/mol. The predicted octanol–water partition coefficient (Wildman–Crippen LogP) is 4.14. The first kappa shape index (κ1) is 27.4. The summed E-state index contributed by atoms with van der Waals surface area (Å²) in [6, 6.07) is 14.4. The molecule has 38 heavy (non-hydrogen) atoms. The van der Waals surface area contributed by atoms with Gasteiger partial charge in [-0.3, -0.25) is 19.3 Å². The number of nitrogens with one attached hydrogen (secondary N) is 1. The first-order valence-electron chi connectivity index (χ1n) is 13.4. The molecule has 2 amide bonds. The molecule has 0 bridgehead atoms. The van der Waals surface area contributed by atoms with Crippen LogP contribution in [0.1, 0.15) is 43.4 Å². The van der Waals surface area contributed by atoms with Crippen LogP contribution in [0.2, 0.25) is 0 Å². The standard InChI is InChI=1S/C30H40N6O2/c1-22(2)9-8-14-31-29(37)20-35(28-13-12-24(15-23(28)3)27-16-32-33(4)17-27)21-30(38)34(5)36-18-25-10-6-7-11-26(25)19-36/h6-7,10-13,15-17,22H,8-9,14,18-21H2,1-5H3,(H,31,37). The Labute approximate surface area is 226 Å². The Morgan fingerprint density at radius 3 is 2.37 bits per heavy atom. The molecule has 0 saturated heterocycles. The number of amides is 2. The molecule has 202 valence electrons. The van der Waals surface area contributed by atoms with Crippen LogP contribution in [-0.2, 0) is 29.7 Å². The highest BCUT2D eigenvalue weighted by Crippen LogP contribution is 2.28. The van der Waals surface area contributed by atoms with E-state index in [0.717, 1.165) is 35.2 Å². The summed E-state index contributed by atoms with van der Waals surface area (Å²) in [6.45, 7) is 8.66. The van der Waals surface area contributed by atoms with Crippen LogP contribution < -0.4 is 10.2 Å². The van der Waals surface area contributed by atoms with Crippen LogP contribution in [0.4, 0.5) is 5.69 Å². The minimum Gasteiger partial charge on any atom is -0.355 e. The van der Waals surface area contributed by atoms with Crippen molar-refractivity contribution < 1.29 is 9.59 Å². The lowest BCUT2D eigenvalue weighted by Crippen LogP contribution is -2.48. The van der Waals surface area contributed by atoms with Gasteiger partial charge in [-0.1, -0.05) is 44.2 Å². The zero-order valence-electron chi connectivity index (χ0n) is 23.3. The van der Waals surface area contributed by atoms with Gasteiger partial charge in [0.25, 0.3) is 5.91 Å². The van der Waals surface area contributed by atoms with Gasteiger partial charge in [-0.2, -0.15) is 5.10 Å². The lowest BCUT2D eigenvalue weighted by atomic mass is 10.0. The number of hydrogen-bond acceptors (Lipinski definition) is 5. The van der Waals surface area contributed by atoms with E-state index in [-0.39, 0.29) is 24.9 Å². The number of nitrogens with zero attached hydrogens (tertiary/aromatic N) is 5. The molecule has 1 aliphatic heterocycles. The van der Waals surface area contributed by atoms with Gasteiger partial charge in [0.05, 0.1) is 19.3 Å². The van der Waals surface area contributed by atoms with Crippen molar-refractivity contribution in [3.05, 3.63) is 71.5 Å². The lowest BCUT2D eigenvalue weighted by molar-refractivity contribution is -0.145. The summed E-state index contributed by atoms with van der Waals surface area (Å²) in [4.78, 5) is 28.3. The molecule has 2 aromatic carbocycles. The molecule has 0 fully saturated rings. The van der Waals surface area contributed by atoms with Crippen LogP contribution in [0, 0.1) is 12.8 Å². The summed E-state index contributed by atoms with van der Waals surface area (Å²) in [6.07, 6.45) is 5.83. The minimum absolute atomic E-state index is 0.0545. The Morgan fingerprint density at radius 1 is 1.05 bits per heavy atom. The summed E-state index contributed by atoms with van der Waals surface area (Å²) < 4.78 is 1.78. The fourth-order valence-corrected chi connectivity index (χ4v) is 4.90.